The van der Waals surface area contributed by atoms with Gasteiger partial charge >= 0.3 is 0 Å². The molecule has 0 N–H and O–H groups in total. The molecular formula is C16H35N. The Balaban J connectivity index is -0.000000243. The maximum atomic E-state index is 5.36. The average molecular weight is 241 g/mol. The largest absolute Gasteiger partial charge is 0.300 e. The lowest BCUT2D eigenvalue weighted by Crippen LogP contribution is -2.29. The Morgan fingerprint density at radius 3 is 2.00 bits per heavy atom. The number of likely N-dealkylation sites (tertiary alicyclic amines) is 1. The predicted octanol–water partition coefficient (Wildman–Crippen LogP) is 4.67. The summed E-state index contributed by atoms with van der Waals surface area (Å²) in [6.07, 6.45) is 7.86. The molecule has 0 amide bonds. The molecule has 0 aromatic rings. The second-order valence-corrected chi connectivity index (χ2v) is 4.73. The molecule has 17 heavy (non-hydrogen) atoms. The lowest BCUT2D eigenvalue weighted by Gasteiger charge is -2.19. The summed E-state index contributed by atoms with van der Waals surface area (Å²) in [5, 5.41) is 0. The molecule has 0 aromatic heterocycles. The predicted molar refractivity (Wildman–Crippen MR) is 82.2 cm³/mol. The van der Waals surface area contributed by atoms with Crippen LogP contribution in [0.4, 0.5) is 0 Å². The third-order valence-electron chi connectivity index (χ3n) is 3.32. The lowest BCUT2D eigenvalue weighted by atomic mass is 10.0. The first-order valence-corrected chi connectivity index (χ1v) is 7.26. The standard InChI is InChI=1S/C9H15N.C5H12.C2H6.H2/c1-4-9-6-7-10(5-2)8(9)3;1-4-5(2)3;1-2;/h1,8-9H,5-7H2,2-3H3;5H,4H2,1-3H3;1-2H3;1H. The molecule has 1 heterocycles. The molecule has 1 aliphatic heterocycles. The van der Waals surface area contributed by atoms with Crippen LogP contribution in [0.15, 0.2) is 0 Å². The molecule has 104 valence electrons. The van der Waals surface area contributed by atoms with Gasteiger partial charge in [-0.3, -0.25) is 4.90 Å². The normalized spacial score (nSPS) is 23.2. The molecule has 1 heteroatoms. The van der Waals surface area contributed by atoms with Crippen LogP contribution in [0, 0.1) is 24.2 Å². The minimum absolute atomic E-state index is 0. The van der Waals surface area contributed by atoms with E-state index < -0.39 is 0 Å². The minimum atomic E-state index is 0. The minimum Gasteiger partial charge on any atom is -0.300 e. The summed E-state index contributed by atoms with van der Waals surface area (Å²) in [7, 11) is 0. The second kappa shape index (κ2) is 12.0. The molecular weight excluding hydrogens is 206 g/mol. The molecule has 0 saturated carbocycles. The third-order valence-corrected chi connectivity index (χ3v) is 3.32. The van der Waals surface area contributed by atoms with Gasteiger partial charge in [0.05, 0.1) is 0 Å². The summed E-state index contributed by atoms with van der Waals surface area (Å²) >= 11 is 0. The summed E-state index contributed by atoms with van der Waals surface area (Å²) in [6, 6.07) is 0.606. The summed E-state index contributed by atoms with van der Waals surface area (Å²) in [6.45, 7) is 17.4. The van der Waals surface area contributed by atoms with Gasteiger partial charge in [-0.05, 0) is 32.4 Å². The number of nitrogens with zero attached hydrogens (tertiary/aromatic N) is 1. The fourth-order valence-electron chi connectivity index (χ4n) is 1.67. The van der Waals surface area contributed by atoms with Crippen LogP contribution in [0.5, 0.6) is 0 Å². The first-order valence-electron chi connectivity index (χ1n) is 7.26. The molecule has 1 nitrogen and oxygen atoms in total. The number of hydrogen-bond donors (Lipinski definition) is 0. The number of rotatable bonds is 2. The van der Waals surface area contributed by atoms with Gasteiger partial charge in [0, 0.05) is 13.4 Å². The quantitative estimate of drug-likeness (QED) is 0.635. The van der Waals surface area contributed by atoms with Crippen LogP contribution >= 0.6 is 0 Å². The Labute approximate surface area is 111 Å². The van der Waals surface area contributed by atoms with Crippen molar-refractivity contribution in [3.63, 3.8) is 0 Å². The van der Waals surface area contributed by atoms with Crippen LogP contribution in [0.1, 0.15) is 62.7 Å². The van der Waals surface area contributed by atoms with E-state index in [1.807, 2.05) is 13.8 Å². The van der Waals surface area contributed by atoms with E-state index in [1.54, 1.807) is 0 Å². The first kappa shape index (κ1) is 18.9. The fraction of sp³-hybridized carbons (Fsp3) is 0.875. The van der Waals surface area contributed by atoms with E-state index in [1.165, 1.54) is 19.4 Å². The van der Waals surface area contributed by atoms with Gasteiger partial charge < -0.3 is 0 Å². The molecule has 0 spiro atoms. The number of terminal acetylenes is 1. The van der Waals surface area contributed by atoms with Gasteiger partial charge in [0.1, 0.15) is 0 Å². The van der Waals surface area contributed by atoms with Gasteiger partial charge in [-0.15, -0.1) is 12.3 Å². The molecule has 0 bridgehead atoms. The van der Waals surface area contributed by atoms with Crippen LogP contribution in [0.2, 0.25) is 0 Å². The van der Waals surface area contributed by atoms with Gasteiger partial charge in [-0.1, -0.05) is 48.0 Å². The summed E-state index contributed by atoms with van der Waals surface area (Å²) < 4.78 is 0. The molecule has 2 atom stereocenters. The second-order valence-electron chi connectivity index (χ2n) is 4.73. The van der Waals surface area contributed by atoms with Crippen LogP contribution in [0.3, 0.4) is 0 Å². The molecule has 0 aliphatic carbocycles. The molecule has 1 rings (SSSR count). The van der Waals surface area contributed by atoms with Crippen molar-refractivity contribution in [2.75, 3.05) is 13.1 Å². The molecule has 1 saturated heterocycles. The maximum Gasteiger partial charge on any atom is 0.0365 e. The van der Waals surface area contributed by atoms with E-state index >= 15 is 0 Å². The Kier molecular flexibility index (Phi) is 13.3. The first-order chi connectivity index (χ1) is 8.06. The Bertz CT molecular complexity index is 196. The summed E-state index contributed by atoms with van der Waals surface area (Å²) in [5.41, 5.74) is 0. The van der Waals surface area contributed by atoms with Crippen molar-refractivity contribution in [1.29, 1.82) is 0 Å². The zero-order valence-electron chi connectivity index (χ0n) is 13.1. The van der Waals surface area contributed by atoms with Gasteiger partial charge in [-0.25, -0.2) is 0 Å². The molecule has 0 aromatic carbocycles. The SMILES string of the molecule is C#CC1CCN(CC)C1C.CC.CCC(C)C.[HH]. The van der Waals surface area contributed by atoms with Gasteiger partial charge in [0.2, 0.25) is 0 Å². The van der Waals surface area contributed by atoms with E-state index in [-0.39, 0.29) is 1.43 Å². The van der Waals surface area contributed by atoms with Gasteiger partial charge in [0.25, 0.3) is 0 Å². The van der Waals surface area contributed by atoms with Crippen molar-refractivity contribution in [2.45, 2.75) is 67.3 Å². The molecule has 2 unspecified atom stereocenters. The Morgan fingerprint density at radius 1 is 1.35 bits per heavy atom. The van der Waals surface area contributed by atoms with E-state index in [0.29, 0.717) is 12.0 Å². The van der Waals surface area contributed by atoms with Crippen LogP contribution in [0.25, 0.3) is 0 Å². The Hall–Kier alpha value is -0.480. The van der Waals surface area contributed by atoms with Crippen LogP contribution in [-0.2, 0) is 0 Å². The topological polar surface area (TPSA) is 3.24 Å². The zero-order chi connectivity index (χ0) is 13.8. The molecule has 1 fully saturated rings. The van der Waals surface area contributed by atoms with E-state index in [0.717, 1.165) is 12.5 Å². The lowest BCUT2D eigenvalue weighted by molar-refractivity contribution is 0.270. The molecule has 0 radical (unpaired) electrons. The van der Waals surface area contributed by atoms with Crippen molar-refractivity contribution in [1.82, 2.24) is 4.90 Å². The van der Waals surface area contributed by atoms with Crippen molar-refractivity contribution in [3.8, 4) is 12.3 Å². The highest BCUT2D eigenvalue weighted by Gasteiger charge is 2.27. The highest BCUT2D eigenvalue weighted by Crippen LogP contribution is 2.22. The summed E-state index contributed by atoms with van der Waals surface area (Å²) in [5.74, 6) is 4.22. The highest BCUT2D eigenvalue weighted by molar-refractivity contribution is 5.02. The number of hydrogen-bond acceptors (Lipinski definition) is 1. The average Bonchev–Trinajstić information content (AvgIpc) is 2.73. The van der Waals surface area contributed by atoms with E-state index in [9.17, 15) is 0 Å². The van der Waals surface area contributed by atoms with E-state index in [2.05, 4.69) is 45.4 Å². The highest BCUT2D eigenvalue weighted by atomic mass is 15.2. The van der Waals surface area contributed by atoms with Gasteiger partial charge in [0.15, 0.2) is 0 Å². The third kappa shape index (κ3) is 8.27. The van der Waals surface area contributed by atoms with Crippen LogP contribution in [-0.4, -0.2) is 24.0 Å². The van der Waals surface area contributed by atoms with Crippen molar-refractivity contribution in [2.24, 2.45) is 11.8 Å². The van der Waals surface area contributed by atoms with Crippen molar-refractivity contribution in [3.05, 3.63) is 0 Å². The van der Waals surface area contributed by atoms with Gasteiger partial charge in [-0.2, -0.15) is 0 Å². The molecule has 1 aliphatic rings. The maximum absolute atomic E-state index is 5.36. The Morgan fingerprint density at radius 2 is 1.82 bits per heavy atom. The van der Waals surface area contributed by atoms with Crippen molar-refractivity contribution >= 4 is 0 Å². The van der Waals surface area contributed by atoms with Crippen LogP contribution < -0.4 is 0 Å². The zero-order valence-corrected chi connectivity index (χ0v) is 13.1. The van der Waals surface area contributed by atoms with Crippen molar-refractivity contribution < 1.29 is 1.43 Å². The summed E-state index contributed by atoms with van der Waals surface area (Å²) in [4.78, 5) is 2.44. The van der Waals surface area contributed by atoms with E-state index in [4.69, 9.17) is 6.42 Å². The smallest absolute Gasteiger partial charge is 0.0365 e. The fourth-order valence-corrected chi connectivity index (χ4v) is 1.67. The monoisotopic (exact) mass is 241 g/mol.